The minimum Gasteiger partial charge on any atom is -0.468 e. The smallest absolute Gasteiger partial charge is 0.329 e. The van der Waals surface area contributed by atoms with E-state index >= 15 is 0 Å². The van der Waals surface area contributed by atoms with Crippen molar-refractivity contribution in [2.75, 3.05) is 7.11 Å². The summed E-state index contributed by atoms with van der Waals surface area (Å²) < 4.78 is 18.5. The number of hydrogen-bond donors (Lipinski definition) is 1. The molecule has 1 atom stereocenters. The molecule has 0 amide bonds. The van der Waals surface area contributed by atoms with E-state index in [-0.39, 0.29) is 5.92 Å². The molecule has 1 rings (SSSR count). The van der Waals surface area contributed by atoms with E-state index in [4.69, 9.17) is 5.73 Å². The quantitative estimate of drug-likeness (QED) is 0.705. The Morgan fingerprint density at radius 1 is 1.50 bits per heavy atom. The van der Waals surface area contributed by atoms with Crippen molar-refractivity contribution in [1.29, 1.82) is 0 Å². The highest BCUT2D eigenvalue weighted by atomic mass is 19.1. The van der Waals surface area contributed by atoms with Crippen molar-refractivity contribution in [3.05, 3.63) is 0 Å². The van der Waals surface area contributed by atoms with Crippen LogP contribution in [0.1, 0.15) is 33.1 Å². The standard InChI is InChI=1S/C10H18FNO2/c1-9(2,11)10(12,8(13)14-3)7-5-4-6-7/h7H,4-6,12H2,1-3H3. The van der Waals surface area contributed by atoms with Crippen LogP contribution in [0.15, 0.2) is 0 Å². The Hall–Kier alpha value is -0.640. The first-order valence-electron chi connectivity index (χ1n) is 4.90. The highest BCUT2D eigenvalue weighted by molar-refractivity contribution is 5.82. The lowest BCUT2D eigenvalue weighted by Crippen LogP contribution is -2.67. The van der Waals surface area contributed by atoms with Gasteiger partial charge in [-0.1, -0.05) is 6.42 Å². The topological polar surface area (TPSA) is 52.3 Å². The molecular formula is C10H18FNO2. The van der Waals surface area contributed by atoms with E-state index in [0.29, 0.717) is 0 Å². The Kier molecular flexibility index (Phi) is 2.86. The Labute approximate surface area is 83.8 Å². The van der Waals surface area contributed by atoms with Crippen LogP contribution in [0.3, 0.4) is 0 Å². The van der Waals surface area contributed by atoms with Crippen molar-refractivity contribution >= 4 is 5.97 Å². The second kappa shape index (κ2) is 3.50. The molecular weight excluding hydrogens is 185 g/mol. The lowest BCUT2D eigenvalue weighted by atomic mass is 9.65. The molecule has 2 N–H and O–H groups in total. The zero-order valence-electron chi connectivity index (χ0n) is 8.97. The Balaban J connectivity index is 2.94. The lowest BCUT2D eigenvalue weighted by molar-refractivity contribution is -0.159. The van der Waals surface area contributed by atoms with Crippen LogP contribution in [0.25, 0.3) is 0 Å². The summed E-state index contributed by atoms with van der Waals surface area (Å²) in [6.07, 6.45) is 2.62. The molecule has 14 heavy (non-hydrogen) atoms. The van der Waals surface area contributed by atoms with Crippen LogP contribution in [0.4, 0.5) is 4.39 Å². The number of carbonyl (C=O) groups excluding carboxylic acids is 1. The number of ether oxygens (including phenoxy) is 1. The summed E-state index contributed by atoms with van der Waals surface area (Å²) in [7, 11) is 1.24. The highest BCUT2D eigenvalue weighted by Crippen LogP contribution is 2.42. The van der Waals surface area contributed by atoms with Gasteiger partial charge in [-0.3, -0.25) is 0 Å². The van der Waals surface area contributed by atoms with E-state index < -0.39 is 17.2 Å². The predicted octanol–water partition coefficient (Wildman–Crippen LogP) is 1.41. The maximum atomic E-state index is 13.9. The van der Waals surface area contributed by atoms with Crippen LogP contribution in [-0.2, 0) is 9.53 Å². The summed E-state index contributed by atoms with van der Waals surface area (Å²) in [5.74, 6) is -0.732. The maximum absolute atomic E-state index is 13.9. The van der Waals surface area contributed by atoms with Gasteiger partial charge in [-0.2, -0.15) is 0 Å². The molecule has 0 radical (unpaired) electrons. The van der Waals surface area contributed by atoms with Crippen molar-refractivity contribution in [1.82, 2.24) is 0 Å². The zero-order valence-corrected chi connectivity index (χ0v) is 8.97. The van der Waals surface area contributed by atoms with Crippen LogP contribution in [0.5, 0.6) is 0 Å². The van der Waals surface area contributed by atoms with Crippen molar-refractivity contribution in [3.63, 3.8) is 0 Å². The van der Waals surface area contributed by atoms with Gasteiger partial charge in [0.2, 0.25) is 0 Å². The van der Waals surface area contributed by atoms with E-state index in [1.165, 1.54) is 21.0 Å². The first kappa shape index (κ1) is 11.4. The first-order valence-corrected chi connectivity index (χ1v) is 4.90. The maximum Gasteiger partial charge on any atom is 0.329 e. The van der Waals surface area contributed by atoms with Gasteiger partial charge in [0, 0.05) is 0 Å². The highest BCUT2D eigenvalue weighted by Gasteiger charge is 2.56. The van der Waals surface area contributed by atoms with Gasteiger partial charge in [-0.25, -0.2) is 9.18 Å². The number of esters is 1. The van der Waals surface area contributed by atoms with Crippen molar-refractivity contribution in [2.24, 2.45) is 11.7 Å². The molecule has 0 aromatic carbocycles. The Morgan fingerprint density at radius 2 is 2.00 bits per heavy atom. The molecule has 82 valence electrons. The molecule has 1 saturated carbocycles. The van der Waals surface area contributed by atoms with Gasteiger partial charge in [0.1, 0.15) is 5.67 Å². The first-order chi connectivity index (χ1) is 6.34. The van der Waals surface area contributed by atoms with Gasteiger partial charge in [-0.05, 0) is 32.6 Å². The largest absolute Gasteiger partial charge is 0.468 e. The van der Waals surface area contributed by atoms with Crippen molar-refractivity contribution in [2.45, 2.75) is 44.3 Å². The number of nitrogens with two attached hydrogens (primary N) is 1. The summed E-state index contributed by atoms with van der Waals surface area (Å²) in [4.78, 5) is 11.5. The van der Waals surface area contributed by atoms with Gasteiger partial charge >= 0.3 is 5.97 Å². The molecule has 0 aromatic heterocycles. The monoisotopic (exact) mass is 203 g/mol. The van der Waals surface area contributed by atoms with Crippen LogP contribution in [-0.4, -0.2) is 24.3 Å². The van der Waals surface area contributed by atoms with Gasteiger partial charge < -0.3 is 10.5 Å². The van der Waals surface area contributed by atoms with E-state index in [1.54, 1.807) is 0 Å². The molecule has 4 heteroatoms. The summed E-state index contributed by atoms with van der Waals surface area (Å²) in [6.45, 7) is 2.67. The Bertz CT molecular complexity index is 233. The number of halogens is 1. The van der Waals surface area contributed by atoms with Gasteiger partial charge in [0.05, 0.1) is 7.11 Å². The van der Waals surface area contributed by atoms with Crippen molar-refractivity contribution in [3.8, 4) is 0 Å². The molecule has 1 aliphatic carbocycles. The molecule has 1 fully saturated rings. The van der Waals surface area contributed by atoms with E-state index in [1.807, 2.05) is 0 Å². The van der Waals surface area contributed by atoms with Gasteiger partial charge in [-0.15, -0.1) is 0 Å². The summed E-state index contributed by atoms with van der Waals surface area (Å²) >= 11 is 0. The summed E-state index contributed by atoms with van der Waals surface area (Å²) in [6, 6.07) is 0. The molecule has 1 unspecified atom stereocenters. The van der Waals surface area contributed by atoms with Crippen LogP contribution in [0.2, 0.25) is 0 Å². The summed E-state index contributed by atoms with van der Waals surface area (Å²) in [5.41, 5.74) is 2.65. The van der Waals surface area contributed by atoms with Gasteiger partial charge in [0.25, 0.3) is 0 Å². The van der Waals surface area contributed by atoms with E-state index in [0.717, 1.165) is 19.3 Å². The fourth-order valence-corrected chi connectivity index (χ4v) is 1.93. The Morgan fingerprint density at radius 3 is 2.21 bits per heavy atom. The number of carbonyl (C=O) groups is 1. The SMILES string of the molecule is COC(=O)C(N)(C1CCC1)C(C)(C)F. The number of rotatable bonds is 3. The van der Waals surface area contributed by atoms with E-state index in [2.05, 4.69) is 4.74 Å². The minimum atomic E-state index is -1.74. The third kappa shape index (κ3) is 1.52. The fourth-order valence-electron chi connectivity index (χ4n) is 1.93. The third-order valence-electron chi connectivity index (χ3n) is 3.26. The normalized spacial score (nSPS) is 22.4. The molecule has 0 bridgehead atoms. The average Bonchev–Trinajstić information content (AvgIpc) is 1.97. The fraction of sp³-hybridized carbons (Fsp3) is 0.900. The molecule has 0 spiro atoms. The second-order valence-electron chi connectivity index (χ2n) is 4.46. The molecule has 0 aliphatic heterocycles. The molecule has 1 aliphatic rings. The van der Waals surface area contributed by atoms with Gasteiger partial charge in [0.15, 0.2) is 5.54 Å². The summed E-state index contributed by atoms with van der Waals surface area (Å²) in [5, 5.41) is 0. The zero-order chi connectivity index (χ0) is 11.0. The van der Waals surface area contributed by atoms with E-state index in [9.17, 15) is 9.18 Å². The predicted molar refractivity (Wildman–Crippen MR) is 51.5 cm³/mol. The third-order valence-corrected chi connectivity index (χ3v) is 3.26. The minimum absolute atomic E-state index is 0.0880. The number of hydrogen-bond acceptors (Lipinski definition) is 3. The van der Waals surface area contributed by atoms with Crippen LogP contribution >= 0.6 is 0 Å². The molecule has 0 saturated heterocycles. The van der Waals surface area contributed by atoms with Crippen LogP contribution in [0, 0.1) is 5.92 Å². The molecule has 3 nitrogen and oxygen atoms in total. The number of methoxy groups -OCH3 is 1. The average molecular weight is 203 g/mol. The van der Waals surface area contributed by atoms with Crippen LogP contribution < -0.4 is 5.73 Å². The lowest BCUT2D eigenvalue weighted by Gasteiger charge is -2.45. The second-order valence-corrected chi connectivity index (χ2v) is 4.46. The number of alkyl halides is 1. The molecule has 0 heterocycles. The van der Waals surface area contributed by atoms with Crippen molar-refractivity contribution < 1.29 is 13.9 Å². The molecule has 0 aromatic rings.